The summed E-state index contributed by atoms with van der Waals surface area (Å²) in [6.07, 6.45) is 0. The molecule has 1 heterocycles. The Morgan fingerprint density at radius 3 is 1.53 bits per heavy atom. The number of fused-ring (bicyclic) bond motifs is 6. The number of rotatable bonds is 4. The maximum atomic E-state index is 6.60. The lowest BCUT2D eigenvalue weighted by Gasteiger charge is -2.19. The second kappa shape index (κ2) is 11.1. The van der Waals surface area contributed by atoms with E-state index in [1.807, 2.05) is 6.07 Å². The predicted molar refractivity (Wildman–Crippen MR) is 208 cm³/mol. The molecule has 228 valence electrons. The minimum absolute atomic E-state index is 0.913. The van der Waals surface area contributed by atoms with Crippen LogP contribution in [0.4, 0.5) is 0 Å². The van der Waals surface area contributed by atoms with Gasteiger partial charge in [0.2, 0.25) is 0 Å². The topological polar surface area (TPSA) is 13.1 Å². The Kier molecular flexibility index (Phi) is 6.25. The third-order valence-corrected chi connectivity index (χ3v) is 10.1. The first-order valence-electron chi connectivity index (χ1n) is 16.8. The van der Waals surface area contributed by atoms with Crippen LogP contribution in [0, 0.1) is 0 Å². The molecule has 1 nitrogen and oxygen atoms in total. The fourth-order valence-electron chi connectivity index (χ4n) is 7.83. The van der Waals surface area contributed by atoms with E-state index in [-0.39, 0.29) is 0 Å². The molecule has 0 unspecified atom stereocenters. The van der Waals surface area contributed by atoms with Crippen molar-refractivity contribution in [3.63, 3.8) is 0 Å². The van der Waals surface area contributed by atoms with E-state index in [1.165, 1.54) is 71.3 Å². The van der Waals surface area contributed by atoms with Crippen molar-refractivity contribution in [3.05, 3.63) is 182 Å². The summed E-state index contributed by atoms with van der Waals surface area (Å²) in [5.41, 5.74) is 11.5. The predicted octanol–water partition coefficient (Wildman–Crippen LogP) is 13.7. The Morgan fingerprint density at radius 1 is 0.286 bits per heavy atom. The number of hydrogen-bond donors (Lipinski definition) is 0. The first kappa shape index (κ1) is 27.7. The van der Waals surface area contributed by atoms with E-state index in [4.69, 9.17) is 4.42 Å². The molecule has 0 saturated heterocycles. The van der Waals surface area contributed by atoms with Gasteiger partial charge in [0.05, 0.1) is 0 Å². The standard InChI is InChI=1S/C48H30O/c1-2-13-31(14-3-1)33-16-10-17-34(29-33)35-28-27-32-15-11-23-41(44(32)30-35)46-37-19-4-6-21-39(37)47(40-22-7-5-20-38(40)46)43-25-12-24-42-36-18-8-9-26-45(36)49-48(42)43/h1-30H. The number of hydrogen-bond acceptors (Lipinski definition) is 1. The van der Waals surface area contributed by atoms with Gasteiger partial charge in [0.15, 0.2) is 0 Å². The highest BCUT2D eigenvalue weighted by molar-refractivity contribution is 6.25. The van der Waals surface area contributed by atoms with Crippen LogP contribution in [0.15, 0.2) is 186 Å². The van der Waals surface area contributed by atoms with Gasteiger partial charge in [-0.25, -0.2) is 0 Å². The number of para-hydroxylation sites is 2. The quantitative estimate of drug-likeness (QED) is 0.178. The number of benzene rings is 9. The molecule has 0 bridgehead atoms. The van der Waals surface area contributed by atoms with Gasteiger partial charge in [-0.15, -0.1) is 0 Å². The molecule has 1 aromatic heterocycles. The van der Waals surface area contributed by atoms with E-state index in [0.717, 1.165) is 27.5 Å². The molecule has 10 rings (SSSR count). The van der Waals surface area contributed by atoms with E-state index in [9.17, 15) is 0 Å². The van der Waals surface area contributed by atoms with Crippen molar-refractivity contribution in [2.75, 3.05) is 0 Å². The Balaban J connectivity index is 1.24. The minimum Gasteiger partial charge on any atom is -0.455 e. The molecule has 0 amide bonds. The van der Waals surface area contributed by atoms with Crippen LogP contribution in [-0.2, 0) is 0 Å². The zero-order valence-corrected chi connectivity index (χ0v) is 26.7. The minimum atomic E-state index is 0.913. The van der Waals surface area contributed by atoms with Crippen molar-refractivity contribution in [2.45, 2.75) is 0 Å². The van der Waals surface area contributed by atoms with E-state index in [0.29, 0.717) is 0 Å². The van der Waals surface area contributed by atoms with Crippen molar-refractivity contribution in [3.8, 4) is 44.5 Å². The van der Waals surface area contributed by atoms with Crippen LogP contribution in [0.5, 0.6) is 0 Å². The van der Waals surface area contributed by atoms with Crippen LogP contribution < -0.4 is 0 Å². The van der Waals surface area contributed by atoms with Crippen molar-refractivity contribution in [2.24, 2.45) is 0 Å². The molecule has 0 saturated carbocycles. The SMILES string of the molecule is c1ccc(-c2cccc(-c3ccc4cccc(-c5c6ccccc6c(-c6cccc7c6oc6ccccc67)c6ccccc56)c4c3)c2)cc1. The molecule has 49 heavy (non-hydrogen) atoms. The lowest BCUT2D eigenvalue weighted by atomic mass is 9.84. The fourth-order valence-corrected chi connectivity index (χ4v) is 7.83. The molecule has 0 aliphatic heterocycles. The molecular formula is C48H30O. The van der Waals surface area contributed by atoms with Crippen molar-refractivity contribution >= 4 is 54.3 Å². The molecule has 0 aliphatic rings. The molecule has 0 aliphatic carbocycles. The van der Waals surface area contributed by atoms with Crippen LogP contribution in [0.25, 0.3) is 98.8 Å². The summed E-state index contributed by atoms with van der Waals surface area (Å²) in [4.78, 5) is 0. The molecule has 9 aromatic carbocycles. The van der Waals surface area contributed by atoms with Gasteiger partial charge in [-0.3, -0.25) is 0 Å². The van der Waals surface area contributed by atoms with E-state index >= 15 is 0 Å². The summed E-state index contributed by atoms with van der Waals surface area (Å²) >= 11 is 0. The average molecular weight is 623 g/mol. The van der Waals surface area contributed by atoms with Gasteiger partial charge in [0.1, 0.15) is 11.2 Å². The highest BCUT2D eigenvalue weighted by Crippen LogP contribution is 2.47. The molecule has 0 spiro atoms. The molecule has 0 fully saturated rings. The van der Waals surface area contributed by atoms with E-state index in [2.05, 4.69) is 176 Å². The number of furan rings is 1. The van der Waals surface area contributed by atoms with Crippen molar-refractivity contribution < 1.29 is 4.42 Å². The lowest BCUT2D eigenvalue weighted by molar-refractivity contribution is 0.670. The molecule has 0 N–H and O–H groups in total. The maximum Gasteiger partial charge on any atom is 0.143 e. The Bertz CT molecular complexity index is 2820. The van der Waals surface area contributed by atoms with Crippen LogP contribution in [0.2, 0.25) is 0 Å². The van der Waals surface area contributed by atoms with Crippen LogP contribution >= 0.6 is 0 Å². The van der Waals surface area contributed by atoms with Gasteiger partial charge in [-0.05, 0) is 83.9 Å². The smallest absolute Gasteiger partial charge is 0.143 e. The largest absolute Gasteiger partial charge is 0.455 e. The highest BCUT2D eigenvalue weighted by Gasteiger charge is 2.21. The zero-order chi connectivity index (χ0) is 32.3. The second-order valence-electron chi connectivity index (χ2n) is 12.8. The third kappa shape index (κ3) is 4.40. The summed E-state index contributed by atoms with van der Waals surface area (Å²) in [7, 11) is 0. The molecule has 1 heteroatoms. The Hall–Kier alpha value is -6.44. The van der Waals surface area contributed by atoms with Crippen LogP contribution in [-0.4, -0.2) is 0 Å². The van der Waals surface area contributed by atoms with Crippen LogP contribution in [0.3, 0.4) is 0 Å². The molecule has 10 aromatic rings. The van der Waals surface area contributed by atoms with Gasteiger partial charge in [-0.1, -0.05) is 164 Å². The highest BCUT2D eigenvalue weighted by atomic mass is 16.3. The second-order valence-corrected chi connectivity index (χ2v) is 12.8. The summed E-state index contributed by atoms with van der Waals surface area (Å²) in [5, 5.41) is 9.65. The summed E-state index contributed by atoms with van der Waals surface area (Å²) in [6.45, 7) is 0. The van der Waals surface area contributed by atoms with Crippen LogP contribution in [0.1, 0.15) is 0 Å². The van der Waals surface area contributed by atoms with E-state index < -0.39 is 0 Å². The zero-order valence-electron chi connectivity index (χ0n) is 26.7. The van der Waals surface area contributed by atoms with Crippen molar-refractivity contribution in [1.29, 1.82) is 0 Å². The van der Waals surface area contributed by atoms with Crippen molar-refractivity contribution in [1.82, 2.24) is 0 Å². The molecule has 0 radical (unpaired) electrons. The lowest BCUT2D eigenvalue weighted by Crippen LogP contribution is -1.92. The fraction of sp³-hybridized carbons (Fsp3) is 0. The van der Waals surface area contributed by atoms with Gasteiger partial charge < -0.3 is 4.42 Å². The van der Waals surface area contributed by atoms with Gasteiger partial charge in [-0.2, -0.15) is 0 Å². The monoisotopic (exact) mass is 622 g/mol. The van der Waals surface area contributed by atoms with Gasteiger partial charge in [0.25, 0.3) is 0 Å². The molecular weight excluding hydrogens is 593 g/mol. The third-order valence-electron chi connectivity index (χ3n) is 10.1. The Labute approximate surface area is 284 Å². The van der Waals surface area contributed by atoms with E-state index in [1.54, 1.807) is 0 Å². The summed E-state index contributed by atoms with van der Waals surface area (Å²) in [5.74, 6) is 0. The average Bonchev–Trinajstić information content (AvgIpc) is 3.56. The first-order chi connectivity index (χ1) is 24.3. The Morgan fingerprint density at radius 2 is 0.796 bits per heavy atom. The summed E-state index contributed by atoms with van der Waals surface area (Å²) < 4.78 is 6.60. The van der Waals surface area contributed by atoms with Gasteiger partial charge >= 0.3 is 0 Å². The normalized spacial score (nSPS) is 11.7. The molecule has 0 atom stereocenters. The first-order valence-corrected chi connectivity index (χ1v) is 16.8. The van der Waals surface area contributed by atoms with Gasteiger partial charge in [0, 0.05) is 21.9 Å². The maximum absolute atomic E-state index is 6.60. The summed E-state index contributed by atoms with van der Waals surface area (Å²) in [6, 6.07) is 65.7.